The molecular weight excluding hydrogens is 439 g/mol. The highest BCUT2D eigenvalue weighted by Gasteiger charge is 2.35. The lowest BCUT2D eigenvalue weighted by atomic mass is 10.00. The van der Waals surface area contributed by atoms with Crippen LogP contribution in [0.4, 0.5) is 4.39 Å². The summed E-state index contributed by atoms with van der Waals surface area (Å²) < 4.78 is 19.2. The van der Waals surface area contributed by atoms with Crippen LogP contribution >= 0.6 is 11.3 Å². The molecule has 1 saturated carbocycles. The van der Waals surface area contributed by atoms with Gasteiger partial charge in [0.05, 0.1) is 12.6 Å². The van der Waals surface area contributed by atoms with Crippen LogP contribution in [0, 0.1) is 17.7 Å². The minimum Gasteiger partial charge on any atom is -0.491 e. The highest BCUT2D eigenvalue weighted by molar-refractivity contribution is 7.10. The number of carbonyl (C=O) groups is 2. The number of carbonyl (C=O) groups excluding carboxylic acids is 2. The molecule has 1 fully saturated rings. The van der Waals surface area contributed by atoms with Crippen LogP contribution in [-0.4, -0.2) is 47.9 Å². The SMILES string of the molecule is CC(C)CN(CC(=O)N1CCc2sccc2C1COc1ccc(F)cc1)C(=O)C1CCCC1. The number of hydrogen-bond acceptors (Lipinski definition) is 4. The van der Waals surface area contributed by atoms with Gasteiger partial charge in [-0.1, -0.05) is 26.7 Å². The first-order valence-electron chi connectivity index (χ1n) is 11.9. The smallest absolute Gasteiger partial charge is 0.242 e. The molecule has 0 bridgehead atoms. The summed E-state index contributed by atoms with van der Waals surface area (Å²) in [6, 6.07) is 7.78. The second-order valence-electron chi connectivity index (χ2n) is 9.51. The van der Waals surface area contributed by atoms with E-state index in [1.165, 1.54) is 17.0 Å². The van der Waals surface area contributed by atoms with Gasteiger partial charge in [-0.2, -0.15) is 0 Å². The molecule has 1 unspecified atom stereocenters. The first-order chi connectivity index (χ1) is 15.9. The maximum Gasteiger partial charge on any atom is 0.242 e. The Labute approximate surface area is 199 Å². The average Bonchev–Trinajstić information content (AvgIpc) is 3.49. The van der Waals surface area contributed by atoms with E-state index in [2.05, 4.69) is 25.3 Å². The van der Waals surface area contributed by atoms with Gasteiger partial charge in [0.1, 0.15) is 18.2 Å². The Morgan fingerprint density at radius 1 is 1.18 bits per heavy atom. The molecular formula is C26H33FN2O3S. The van der Waals surface area contributed by atoms with Gasteiger partial charge in [-0.25, -0.2) is 4.39 Å². The number of hydrogen-bond donors (Lipinski definition) is 0. The number of amides is 2. The minimum atomic E-state index is -0.311. The van der Waals surface area contributed by atoms with Crippen LogP contribution in [0.5, 0.6) is 5.75 Å². The van der Waals surface area contributed by atoms with E-state index in [0.29, 0.717) is 31.4 Å². The molecule has 33 heavy (non-hydrogen) atoms. The Morgan fingerprint density at radius 2 is 1.91 bits per heavy atom. The Kier molecular flexibility index (Phi) is 7.68. The van der Waals surface area contributed by atoms with Crippen molar-refractivity contribution in [2.75, 3.05) is 26.2 Å². The fourth-order valence-corrected chi connectivity index (χ4v) is 5.87. The molecule has 0 spiro atoms. The van der Waals surface area contributed by atoms with Gasteiger partial charge >= 0.3 is 0 Å². The van der Waals surface area contributed by atoms with Crippen molar-refractivity contribution in [2.45, 2.75) is 52.0 Å². The number of rotatable bonds is 8. The van der Waals surface area contributed by atoms with Crippen molar-refractivity contribution in [3.8, 4) is 5.75 Å². The van der Waals surface area contributed by atoms with Crippen molar-refractivity contribution in [3.63, 3.8) is 0 Å². The Balaban J connectivity index is 1.49. The van der Waals surface area contributed by atoms with E-state index in [-0.39, 0.29) is 36.1 Å². The first kappa shape index (κ1) is 23.7. The van der Waals surface area contributed by atoms with E-state index in [0.717, 1.165) is 37.7 Å². The van der Waals surface area contributed by atoms with Crippen LogP contribution in [0.2, 0.25) is 0 Å². The molecule has 7 heteroatoms. The fraction of sp³-hybridized carbons (Fsp3) is 0.538. The highest BCUT2D eigenvalue weighted by atomic mass is 32.1. The first-order valence-corrected chi connectivity index (χ1v) is 12.8. The van der Waals surface area contributed by atoms with Crippen LogP contribution in [0.1, 0.15) is 56.0 Å². The standard InChI is InChI=1S/C26H33FN2O3S/c1-18(2)15-28(26(31)19-5-3-4-6-19)16-25(30)29-13-11-24-22(12-14-33-24)23(29)17-32-21-9-7-20(27)8-10-21/h7-10,12,14,18-19,23H,3-6,11,13,15-17H2,1-2H3. The van der Waals surface area contributed by atoms with Crippen LogP contribution < -0.4 is 4.74 Å². The van der Waals surface area contributed by atoms with Gasteiger partial charge in [0.25, 0.3) is 0 Å². The largest absolute Gasteiger partial charge is 0.491 e. The topological polar surface area (TPSA) is 49.9 Å². The highest BCUT2D eigenvalue weighted by Crippen LogP contribution is 2.34. The van der Waals surface area contributed by atoms with Gasteiger partial charge in [-0.3, -0.25) is 9.59 Å². The van der Waals surface area contributed by atoms with Crippen molar-refractivity contribution in [1.29, 1.82) is 0 Å². The summed E-state index contributed by atoms with van der Waals surface area (Å²) in [5, 5.41) is 2.05. The molecule has 1 atom stereocenters. The molecule has 178 valence electrons. The van der Waals surface area contributed by atoms with E-state index >= 15 is 0 Å². The van der Waals surface area contributed by atoms with Gasteiger partial charge in [-0.05, 0) is 66.5 Å². The van der Waals surface area contributed by atoms with Crippen LogP contribution in [0.15, 0.2) is 35.7 Å². The molecule has 2 heterocycles. The summed E-state index contributed by atoms with van der Waals surface area (Å²) in [4.78, 5) is 31.6. The number of nitrogens with zero attached hydrogens (tertiary/aromatic N) is 2. The summed E-state index contributed by atoms with van der Waals surface area (Å²) in [6.45, 7) is 5.77. The van der Waals surface area contributed by atoms with Gasteiger partial charge in [0.2, 0.25) is 11.8 Å². The molecule has 2 amide bonds. The zero-order valence-electron chi connectivity index (χ0n) is 19.5. The molecule has 1 aliphatic carbocycles. The number of fused-ring (bicyclic) bond motifs is 1. The Bertz CT molecular complexity index is 953. The predicted molar refractivity (Wildman–Crippen MR) is 128 cm³/mol. The van der Waals surface area contributed by atoms with E-state index in [9.17, 15) is 14.0 Å². The average molecular weight is 473 g/mol. The molecule has 1 aromatic heterocycles. The zero-order chi connectivity index (χ0) is 23.4. The second-order valence-corrected chi connectivity index (χ2v) is 10.5. The van der Waals surface area contributed by atoms with Gasteiger partial charge in [0, 0.05) is 23.9 Å². The van der Waals surface area contributed by atoms with E-state index in [4.69, 9.17) is 4.74 Å². The summed E-state index contributed by atoms with van der Waals surface area (Å²) in [5.74, 6) is 0.705. The third-order valence-electron chi connectivity index (χ3n) is 6.56. The molecule has 2 aliphatic rings. The third kappa shape index (κ3) is 5.75. The van der Waals surface area contributed by atoms with Crippen LogP contribution in [0.25, 0.3) is 0 Å². The van der Waals surface area contributed by atoms with Crippen LogP contribution in [0.3, 0.4) is 0 Å². The van der Waals surface area contributed by atoms with Crippen molar-refractivity contribution in [3.05, 3.63) is 52.0 Å². The minimum absolute atomic E-state index is 0.0356. The van der Waals surface area contributed by atoms with Crippen molar-refractivity contribution >= 4 is 23.2 Å². The number of thiophene rings is 1. The molecule has 0 N–H and O–H groups in total. The van der Waals surface area contributed by atoms with E-state index < -0.39 is 0 Å². The molecule has 5 nitrogen and oxygen atoms in total. The second kappa shape index (κ2) is 10.7. The fourth-order valence-electron chi connectivity index (χ4n) is 4.94. The van der Waals surface area contributed by atoms with Crippen molar-refractivity contribution in [1.82, 2.24) is 9.80 Å². The number of benzene rings is 1. The van der Waals surface area contributed by atoms with E-state index in [1.807, 2.05) is 4.90 Å². The maximum absolute atomic E-state index is 13.5. The molecule has 1 aromatic carbocycles. The summed E-state index contributed by atoms with van der Waals surface area (Å²) >= 11 is 1.70. The summed E-state index contributed by atoms with van der Waals surface area (Å²) in [7, 11) is 0. The lowest BCUT2D eigenvalue weighted by molar-refractivity contribution is -0.145. The van der Waals surface area contributed by atoms with Crippen molar-refractivity contribution in [2.24, 2.45) is 11.8 Å². The van der Waals surface area contributed by atoms with Gasteiger partial charge in [-0.15, -0.1) is 11.3 Å². The lowest BCUT2D eigenvalue weighted by Gasteiger charge is -2.37. The lowest BCUT2D eigenvalue weighted by Crippen LogP contribution is -2.49. The normalized spacial score (nSPS) is 18.4. The summed E-state index contributed by atoms with van der Waals surface area (Å²) in [5.41, 5.74) is 1.11. The number of ether oxygens (including phenoxy) is 1. The monoisotopic (exact) mass is 472 g/mol. The Morgan fingerprint density at radius 3 is 2.61 bits per heavy atom. The third-order valence-corrected chi connectivity index (χ3v) is 7.56. The molecule has 2 aromatic rings. The van der Waals surface area contributed by atoms with Crippen molar-refractivity contribution < 1.29 is 18.7 Å². The van der Waals surface area contributed by atoms with Gasteiger partial charge < -0.3 is 14.5 Å². The van der Waals surface area contributed by atoms with Crippen LogP contribution in [-0.2, 0) is 16.0 Å². The quantitative estimate of drug-likeness (QED) is 0.539. The Hall–Kier alpha value is -2.41. The zero-order valence-corrected chi connectivity index (χ0v) is 20.3. The number of halogens is 1. The predicted octanol–water partition coefficient (Wildman–Crippen LogP) is 5.07. The van der Waals surface area contributed by atoms with E-state index in [1.54, 1.807) is 28.4 Å². The molecule has 0 radical (unpaired) electrons. The summed E-state index contributed by atoms with van der Waals surface area (Å²) in [6.07, 6.45) is 4.85. The molecule has 0 saturated heterocycles. The maximum atomic E-state index is 13.5. The molecule has 1 aliphatic heterocycles. The van der Waals surface area contributed by atoms with Gasteiger partial charge in [0.15, 0.2) is 0 Å². The molecule has 4 rings (SSSR count).